The molecule has 0 saturated carbocycles. The van der Waals surface area contributed by atoms with Gasteiger partial charge in [-0.3, -0.25) is 4.79 Å². The SMILES string of the molecule is CCCC(C)OC(=O)OCC(C)C(c1ccc(OC(=O)OC(C)(C)C)c(OC(=O)OC(C)(C)C)c1)[C@H](N)C(=O)O. The molecule has 0 saturated heterocycles. The quantitative estimate of drug-likeness (QED) is 0.187. The summed E-state index contributed by atoms with van der Waals surface area (Å²) < 4.78 is 31.4. The summed E-state index contributed by atoms with van der Waals surface area (Å²) in [5.74, 6) is -3.26. The molecule has 4 atom stereocenters. The summed E-state index contributed by atoms with van der Waals surface area (Å²) in [6, 6.07) is 2.66. The molecule has 3 N–H and O–H groups in total. The van der Waals surface area contributed by atoms with Gasteiger partial charge in [-0.1, -0.05) is 26.3 Å². The fraction of sp³-hybridized carbons (Fsp3) is 0.643. The maximum absolute atomic E-state index is 12.5. The minimum absolute atomic E-state index is 0.177. The summed E-state index contributed by atoms with van der Waals surface area (Å²) in [6.07, 6.45) is -1.87. The van der Waals surface area contributed by atoms with E-state index in [-0.39, 0.29) is 24.2 Å². The third-order valence-electron chi connectivity index (χ3n) is 5.26. The van der Waals surface area contributed by atoms with E-state index in [1.54, 1.807) is 55.4 Å². The van der Waals surface area contributed by atoms with E-state index in [1.807, 2.05) is 6.92 Å². The molecule has 226 valence electrons. The van der Waals surface area contributed by atoms with Gasteiger partial charge in [0, 0.05) is 5.92 Å². The zero-order valence-electron chi connectivity index (χ0n) is 24.8. The normalized spacial score (nSPS) is 14.7. The summed E-state index contributed by atoms with van der Waals surface area (Å²) >= 11 is 0. The fourth-order valence-electron chi connectivity index (χ4n) is 3.63. The first-order valence-corrected chi connectivity index (χ1v) is 13.1. The lowest BCUT2D eigenvalue weighted by atomic mass is 9.82. The van der Waals surface area contributed by atoms with E-state index in [1.165, 1.54) is 18.2 Å². The smallest absolute Gasteiger partial charge is 0.480 e. The van der Waals surface area contributed by atoms with Crippen molar-refractivity contribution in [1.29, 1.82) is 0 Å². The Morgan fingerprint density at radius 1 is 0.875 bits per heavy atom. The first-order valence-electron chi connectivity index (χ1n) is 13.1. The van der Waals surface area contributed by atoms with Gasteiger partial charge in [0.1, 0.15) is 23.3 Å². The molecule has 40 heavy (non-hydrogen) atoms. The Kier molecular flexibility index (Phi) is 12.7. The lowest BCUT2D eigenvalue weighted by Gasteiger charge is -2.28. The minimum Gasteiger partial charge on any atom is -0.480 e. The molecule has 1 rings (SSSR count). The van der Waals surface area contributed by atoms with Crippen molar-refractivity contribution in [2.45, 2.75) is 104 Å². The largest absolute Gasteiger partial charge is 0.514 e. The van der Waals surface area contributed by atoms with Crippen molar-refractivity contribution >= 4 is 24.4 Å². The Hall–Kier alpha value is -3.54. The molecule has 0 heterocycles. The van der Waals surface area contributed by atoms with Crippen LogP contribution in [0.25, 0.3) is 0 Å². The lowest BCUT2D eigenvalue weighted by molar-refractivity contribution is -0.139. The van der Waals surface area contributed by atoms with E-state index in [0.29, 0.717) is 12.0 Å². The second-order valence-electron chi connectivity index (χ2n) is 11.5. The van der Waals surface area contributed by atoms with Crippen LogP contribution in [-0.4, -0.2) is 59.5 Å². The maximum Gasteiger partial charge on any atom is 0.514 e. The number of benzene rings is 1. The molecule has 12 heteroatoms. The van der Waals surface area contributed by atoms with E-state index in [0.717, 1.165) is 6.42 Å². The van der Waals surface area contributed by atoms with Gasteiger partial charge in [-0.2, -0.15) is 0 Å². The summed E-state index contributed by atoms with van der Waals surface area (Å²) in [7, 11) is 0. The highest BCUT2D eigenvalue weighted by Gasteiger charge is 2.33. The highest BCUT2D eigenvalue weighted by Crippen LogP contribution is 2.36. The van der Waals surface area contributed by atoms with Crippen LogP contribution in [0.5, 0.6) is 11.5 Å². The van der Waals surface area contributed by atoms with Crippen molar-refractivity contribution in [1.82, 2.24) is 0 Å². The molecule has 0 aliphatic heterocycles. The second-order valence-corrected chi connectivity index (χ2v) is 11.5. The zero-order chi connectivity index (χ0) is 30.8. The Morgan fingerprint density at radius 3 is 1.88 bits per heavy atom. The number of carbonyl (C=O) groups is 4. The van der Waals surface area contributed by atoms with Crippen molar-refractivity contribution in [2.75, 3.05) is 6.61 Å². The van der Waals surface area contributed by atoms with E-state index >= 15 is 0 Å². The van der Waals surface area contributed by atoms with Gasteiger partial charge in [-0.15, -0.1) is 0 Å². The number of hydrogen-bond donors (Lipinski definition) is 2. The average Bonchev–Trinajstić information content (AvgIpc) is 2.76. The van der Waals surface area contributed by atoms with Crippen LogP contribution in [0, 0.1) is 5.92 Å². The number of nitrogens with two attached hydrogens (primary N) is 1. The molecule has 0 aliphatic carbocycles. The van der Waals surface area contributed by atoms with Gasteiger partial charge in [0.2, 0.25) is 0 Å². The summed E-state index contributed by atoms with van der Waals surface area (Å²) in [4.78, 5) is 48.8. The number of carbonyl (C=O) groups excluding carboxylic acids is 3. The van der Waals surface area contributed by atoms with Gasteiger partial charge in [-0.05, 0) is 78.5 Å². The van der Waals surface area contributed by atoms with Crippen LogP contribution < -0.4 is 15.2 Å². The van der Waals surface area contributed by atoms with Crippen LogP contribution in [-0.2, 0) is 23.7 Å². The number of rotatable bonds is 11. The molecule has 0 fully saturated rings. The topological polar surface area (TPSA) is 170 Å². The lowest BCUT2D eigenvalue weighted by Crippen LogP contribution is -2.40. The Bertz CT molecular complexity index is 1030. The standard InChI is InChI=1S/C28H43NO11/c1-10-11-17(3)36-24(32)35-15-16(2)21(22(29)23(30)31)18-12-13-19(37-25(33)39-27(4,5)6)20(14-18)38-26(34)40-28(7,8)9/h12-14,16-17,21-22H,10-11,15,29H2,1-9H3,(H,30,31)/t16?,17?,21?,22-/m0/s1. The Morgan fingerprint density at radius 2 is 1.40 bits per heavy atom. The van der Waals surface area contributed by atoms with Crippen LogP contribution in [0.15, 0.2) is 18.2 Å². The predicted molar refractivity (Wildman–Crippen MR) is 144 cm³/mol. The molecule has 1 aromatic rings. The molecule has 3 unspecified atom stereocenters. The average molecular weight is 570 g/mol. The molecule has 0 bridgehead atoms. The zero-order valence-corrected chi connectivity index (χ0v) is 24.8. The van der Waals surface area contributed by atoms with E-state index < -0.39 is 53.5 Å². The van der Waals surface area contributed by atoms with Crippen LogP contribution >= 0.6 is 0 Å². The summed E-state index contributed by atoms with van der Waals surface area (Å²) in [5.41, 5.74) is 4.61. The highest BCUT2D eigenvalue weighted by molar-refractivity contribution is 5.75. The Labute approximate surface area is 235 Å². The highest BCUT2D eigenvalue weighted by atomic mass is 16.8. The maximum atomic E-state index is 12.5. The van der Waals surface area contributed by atoms with Gasteiger partial charge in [0.05, 0.1) is 6.61 Å². The van der Waals surface area contributed by atoms with Gasteiger partial charge in [0.25, 0.3) is 0 Å². The van der Waals surface area contributed by atoms with Gasteiger partial charge in [0.15, 0.2) is 11.5 Å². The van der Waals surface area contributed by atoms with Crippen molar-refractivity contribution in [3.05, 3.63) is 23.8 Å². The van der Waals surface area contributed by atoms with Crippen molar-refractivity contribution in [2.24, 2.45) is 11.7 Å². The minimum atomic E-state index is -1.43. The van der Waals surface area contributed by atoms with E-state index in [9.17, 15) is 24.3 Å². The van der Waals surface area contributed by atoms with Crippen molar-refractivity contribution in [3.63, 3.8) is 0 Å². The third-order valence-corrected chi connectivity index (χ3v) is 5.26. The molecule has 0 aliphatic rings. The number of aliphatic carboxylic acids is 1. The summed E-state index contributed by atoms with van der Waals surface area (Å²) in [5, 5.41) is 9.69. The van der Waals surface area contributed by atoms with Gasteiger partial charge < -0.3 is 39.3 Å². The molecule has 0 amide bonds. The molecular weight excluding hydrogens is 526 g/mol. The van der Waals surface area contributed by atoms with E-state index in [4.69, 9.17) is 34.2 Å². The first-order chi connectivity index (χ1) is 18.3. The van der Waals surface area contributed by atoms with Crippen molar-refractivity contribution in [3.8, 4) is 11.5 Å². The number of ether oxygens (including phenoxy) is 6. The number of carboxylic acids is 1. The predicted octanol–water partition coefficient (Wildman–Crippen LogP) is 5.79. The molecule has 0 radical (unpaired) electrons. The van der Waals surface area contributed by atoms with E-state index in [2.05, 4.69) is 0 Å². The fourth-order valence-corrected chi connectivity index (χ4v) is 3.63. The van der Waals surface area contributed by atoms with Crippen LogP contribution in [0.4, 0.5) is 14.4 Å². The van der Waals surface area contributed by atoms with Crippen LogP contribution in [0.3, 0.4) is 0 Å². The summed E-state index contributed by atoms with van der Waals surface area (Å²) in [6.45, 7) is 15.0. The van der Waals surface area contributed by atoms with Gasteiger partial charge >= 0.3 is 24.4 Å². The Balaban J connectivity index is 3.35. The monoisotopic (exact) mass is 569 g/mol. The van der Waals surface area contributed by atoms with Crippen molar-refractivity contribution < 1.29 is 52.7 Å². The molecule has 12 nitrogen and oxygen atoms in total. The third kappa shape index (κ3) is 12.5. The molecule has 1 aromatic carbocycles. The van der Waals surface area contributed by atoms with Gasteiger partial charge in [-0.25, -0.2) is 14.4 Å². The molecule has 0 aromatic heterocycles. The molecular formula is C28H43NO11. The number of hydrogen-bond acceptors (Lipinski definition) is 11. The van der Waals surface area contributed by atoms with Crippen LogP contribution in [0.1, 0.15) is 86.6 Å². The number of carboxylic acid groups (broad SMARTS) is 1. The van der Waals surface area contributed by atoms with Crippen LogP contribution in [0.2, 0.25) is 0 Å². The second kappa shape index (κ2) is 14.7. The molecule has 0 spiro atoms. The first kappa shape index (κ1) is 34.5.